The molecule has 8 heteroatoms. The fourth-order valence-electron chi connectivity index (χ4n) is 4.40. The third kappa shape index (κ3) is 7.05. The molecule has 1 aliphatic carbocycles. The number of nitrogens with zero attached hydrogens (tertiary/aromatic N) is 1. The second-order valence-electron chi connectivity index (χ2n) is 10.4. The van der Waals surface area contributed by atoms with E-state index in [4.69, 9.17) is 4.74 Å². The molecule has 0 bridgehead atoms. The van der Waals surface area contributed by atoms with Gasteiger partial charge in [0.1, 0.15) is 17.7 Å². The van der Waals surface area contributed by atoms with Gasteiger partial charge < -0.3 is 15.2 Å². The van der Waals surface area contributed by atoms with Crippen molar-refractivity contribution in [3.05, 3.63) is 95.6 Å². The number of benzene rings is 3. The zero-order valence-corrected chi connectivity index (χ0v) is 21.8. The SMILES string of the molecule is CC(C)C[C@H](OC(c1ccccc1)c1ccc(-c2ccc([C@@H](O)C(F)(F)F)cc2)cc1)C(=O)NC1(C#N)CC1. The molecule has 39 heavy (non-hydrogen) atoms. The molecule has 204 valence electrons. The smallest absolute Gasteiger partial charge is 0.379 e. The molecule has 5 nitrogen and oxygen atoms in total. The Labute approximate surface area is 226 Å². The predicted octanol–water partition coefficient (Wildman–Crippen LogP) is 6.64. The minimum absolute atomic E-state index is 0.177. The average Bonchev–Trinajstić information content (AvgIpc) is 3.70. The van der Waals surface area contributed by atoms with Gasteiger partial charge in [0, 0.05) is 0 Å². The Hall–Kier alpha value is -3.67. The molecule has 4 rings (SSSR count). The van der Waals surface area contributed by atoms with Crippen LogP contribution < -0.4 is 5.32 Å². The van der Waals surface area contributed by atoms with E-state index in [-0.39, 0.29) is 17.4 Å². The van der Waals surface area contributed by atoms with Crippen LogP contribution in [0.3, 0.4) is 0 Å². The maximum atomic E-state index is 13.2. The van der Waals surface area contributed by atoms with Crippen LogP contribution in [0.2, 0.25) is 0 Å². The summed E-state index contributed by atoms with van der Waals surface area (Å²) in [4.78, 5) is 13.2. The van der Waals surface area contributed by atoms with Crippen LogP contribution in [-0.2, 0) is 9.53 Å². The molecule has 0 aliphatic heterocycles. The Kier molecular flexibility index (Phi) is 8.43. The predicted molar refractivity (Wildman–Crippen MR) is 141 cm³/mol. The van der Waals surface area contributed by atoms with E-state index in [0.29, 0.717) is 24.8 Å². The van der Waals surface area contributed by atoms with Crippen LogP contribution in [0.4, 0.5) is 13.2 Å². The molecule has 0 heterocycles. The third-order valence-electron chi connectivity index (χ3n) is 6.79. The molecular weight excluding hydrogens is 505 g/mol. The van der Waals surface area contributed by atoms with E-state index in [9.17, 15) is 28.3 Å². The molecule has 0 spiro atoms. The average molecular weight is 537 g/mol. The number of ether oxygens (including phenoxy) is 1. The lowest BCUT2D eigenvalue weighted by molar-refractivity contribution is -0.206. The zero-order chi connectivity index (χ0) is 28.2. The Bertz CT molecular complexity index is 1300. The molecule has 1 saturated carbocycles. The second kappa shape index (κ2) is 11.6. The largest absolute Gasteiger partial charge is 0.418 e. The maximum absolute atomic E-state index is 13.2. The van der Waals surface area contributed by atoms with E-state index in [0.717, 1.165) is 16.7 Å². The van der Waals surface area contributed by atoms with Gasteiger partial charge in [-0.2, -0.15) is 18.4 Å². The molecule has 2 N–H and O–H groups in total. The Balaban J connectivity index is 1.59. The number of nitrogens with one attached hydrogen (secondary N) is 1. The fraction of sp³-hybridized carbons (Fsp3) is 0.355. The van der Waals surface area contributed by atoms with Crippen LogP contribution >= 0.6 is 0 Å². The first-order valence-electron chi connectivity index (χ1n) is 12.9. The molecule has 1 amide bonds. The molecule has 1 aliphatic rings. The summed E-state index contributed by atoms with van der Waals surface area (Å²) in [7, 11) is 0. The van der Waals surface area contributed by atoms with Crippen LogP contribution in [0.15, 0.2) is 78.9 Å². The number of rotatable bonds is 10. The molecular formula is C31H31F3N2O3. The minimum atomic E-state index is -4.73. The molecule has 0 aromatic heterocycles. The number of hydrogen-bond acceptors (Lipinski definition) is 4. The van der Waals surface area contributed by atoms with E-state index in [1.807, 2.05) is 68.4 Å². The second-order valence-corrected chi connectivity index (χ2v) is 10.4. The van der Waals surface area contributed by atoms with Crippen molar-refractivity contribution in [1.29, 1.82) is 5.26 Å². The summed E-state index contributed by atoms with van der Waals surface area (Å²) >= 11 is 0. The van der Waals surface area contributed by atoms with Gasteiger partial charge in [-0.1, -0.05) is 92.7 Å². The van der Waals surface area contributed by atoms with E-state index < -0.39 is 30.0 Å². The first-order valence-corrected chi connectivity index (χ1v) is 12.9. The van der Waals surface area contributed by atoms with E-state index >= 15 is 0 Å². The number of amides is 1. The van der Waals surface area contributed by atoms with E-state index in [1.54, 1.807) is 0 Å². The highest BCUT2D eigenvalue weighted by molar-refractivity contribution is 5.82. The summed E-state index contributed by atoms with van der Waals surface area (Å²) in [6.45, 7) is 4.01. The molecule has 1 unspecified atom stereocenters. The van der Waals surface area contributed by atoms with Crippen molar-refractivity contribution in [3.63, 3.8) is 0 Å². The number of aliphatic hydroxyl groups is 1. The molecule has 3 aromatic rings. The molecule has 3 aromatic carbocycles. The highest BCUT2D eigenvalue weighted by Gasteiger charge is 2.46. The van der Waals surface area contributed by atoms with Crippen LogP contribution in [0, 0.1) is 17.2 Å². The van der Waals surface area contributed by atoms with E-state index in [1.165, 1.54) is 24.3 Å². The van der Waals surface area contributed by atoms with Gasteiger partial charge in [0.25, 0.3) is 0 Å². The van der Waals surface area contributed by atoms with Crippen molar-refractivity contribution in [2.75, 3.05) is 0 Å². The van der Waals surface area contributed by atoms with Gasteiger partial charge in [0.05, 0.1) is 6.07 Å². The summed E-state index contributed by atoms with van der Waals surface area (Å²) in [5.74, 6) is -0.128. The number of nitriles is 1. The normalized spacial score (nSPS) is 16.7. The number of aliphatic hydroxyl groups excluding tert-OH is 1. The highest BCUT2D eigenvalue weighted by Crippen LogP contribution is 2.36. The molecule has 3 atom stereocenters. The third-order valence-corrected chi connectivity index (χ3v) is 6.79. The molecule has 1 fully saturated rings. The quantitative estimate of drug-likeness (QED) is 0.304. The van der Waals surface area contributed by atoms with Crippen LogP contribution in [0.1, 0.15) is 62.0 Å². The zero-order valence-electron chi connectivity index (χ0n) is 21.8. The number of hydrogen-bond donors (Lipinski definition) is 2. The van der Waals surface area contributed by atoms with Crippen molar-refractivity contribution in [1.82, 2.24) is 5.32 Å². The fourth-order valence-corrected chi connectivity index (χ4v) is 4.40. The Morgan fingerprint density at radius 1 is 0.949 bits per heavy atom. The standard InChI is InChI=1S/C31H31F3N2O3/c1-20(2)18-26(29(38)36-30(19-35)16-17-30)39-27(23-6-4-3-5-7-23)24-12-8-21(9-13-24)22-10-14-25(15-11-22)28(37)31(32,33)34/h3-15,20,26-28,37H,16-18H2,1-2H3,(H,36,38)/t26-,27?,28+/m0/s1. The van der Waals surface area contributed by atoms with Gasteiger partial charge in [-0.25, -0.2) is 0 Å². The van der Waals surface area contributed by atoms with Gasteiger partial charge in [0.15, 0.2) is 6.10 Å². The summed E-state index contributed by atoms with van der Waals surface area (Å²) < 4.78 is 45.0. The minimum Gasteiger partial charge on any atom is -0.379 e. The van der Waals surface area contributed by atoms with Gasteiger partial charge in [-0.15, -0.1) is 0 Å². The van der Waals surface area contributed by atoms with Crippen molar-refractivity contribution in [3.8, 4) is 17.2 Å². The number of alkyl halides is 3. The Morgan fingerprint density at radius 3 is 1.92 bits per heavy atom. The highest BCUT2D eigenvalue weighted by atomic mass is 19.4. The summed E-state index contributed by atoms with van der Waals surface area (Å²) in [5.41, 5.74) is 2.11. The number of carbonyl (C=O) groups excluding carboxylic acids is 1. The van der Waals surface area contributed by atoms with E-state index in [2.05, 4.69) is 11.4 Å². The van der Waals surface area contributed by atoms with Crippen molar-refractivity contribution in [2.24, 2.45) is 5.92 Å². The Morgan fingerprint density at radius 2 is 1.46 bits per heavy atom. The van der Waals surface area contributed by atoms with Gasteiger partial charge in [-0.3, -0.25) is 4.79 Å². The van der Waals surface area contributed by atoms with Crippen molar-refractivity contribution in [2.45, 2.75) is 63.1 Å². The van der Waals surface area contributed by atoms with Crippen LogP contribution in [-0.4, -0.2) is 28.8 Å². The lowest BCUT2D eigenvalue weighted by atomic mass is 9.96. The van der Waals surface area contributed by atoms with Gasteiger partial charge in [-0.05, 0) is 53.0 Å². The molecule has 0 radical (unpaired) electrons. The summed E-state index contributed by atoms with van der Waals surface area (Å²) in [5, 5.41) is 21.8. The van der Waals surface area contributed by atoms with Gasteiger partial charge >= 0.3 is 6.18 Å². The van der Waals surface area contributed by atoms with Crippen LogP contribution in [0.25, 0.3) is 11.1 Å². The first-order chi connectivity index (χ1) is 18.5. The van der Waals surface area contributed by atoms with Crippen LogP contribution in [0.5, 0.6) is 0 Å². The number of halogens is 3. The summed E-state index contributed by atoms with van der Waals surface area (Å²) in [6.07, 6.45) is -6.85. The monoisotopic (exact) mass is 536 g/mol. The maximum Gasteiger partial charge on any atom is 0.418 e. The lowest BCUT2D eigenvalue weighted by Gasteiger charge is -2.27. The van der Waals surface area contributed by atoms with Crippen molar-refractivity contribution < 1.29 is 27.8 Å². The lowest BCUT2D eigenvalue weighted by Crippen LogP contribution is -2.44. The summed E-state index contributed by atoms with van der Waals surface area (Å²) in [6, 6.07) is 24.7. The number of carbonyl (C=O) groups is 1. The topological polar surface area (TPSA) is 82.3 Å². The first kappa shape index (κ1) is 28.3. The van der Waals surface area contributed by atoms with Gasteiger partial charge in [0.2, 0.25) is 5.91 Å². The molecule has 0 saturated heterocycles. The van der Waals surface area contributed by atoms with Crippen molar-refractivity contribution >= 4 is 5.91 Å².